The topological polar surface area (TPSA) is 78.6 Å². The Labute approximate surface area is 108 Å². The third kappa shape index (κ3) is 3.61. The van der Waals surface area contributed by atoms with Crippen molar-refractivity contribution in [3.63, 3.8) is 0 Å². The molecule has 0 amide bonds. The highest BCUT2D eigenvalue weighted by molar-refractivity contribution is 7.91. The predicted octanol–water partition coefficient (Wildman–Crippen LogP) is 1.21. The summed E-state index contributed by atoms with van der Waals surface area (Å²) in [6, 6.07) is 4.65. The molecule has 6 heteroatoms. The molecule has 0 radical (unpaired) electrons. The van der Waals surface area contributed by atoms with E-state index in [0.29, 0.717) is 11.5 Å². The maximum absolute atomic E-state index is 12.3. The highest BCUT2D eigenvalue weighted by atomic mass is 32.2. The fourth-order valence-corrected chi connectivity index (χ4v) is 3.48. The fraction of sp³-hybridized carbons (Fsp3) is 0.500. The van der Waals surface area contributed by atoms with Gasteiger partial charge in [0.2, 0.25) is 0 Å². The summed E-state index contributed by atoms with van der Waals surface area (Å²) in [5, 5.41) is 0. The van der Waals surface area contributed by atoms with E-state index < -0.39 is 15.4 Å². The molecule has 1 rings (SSSR count). The second-order valence-electron chi connectivity index (χ2n) is 4.76. The first-order valence-electron chi connectivity index (χ1n) is 5.43. The molecule has 0 fully saturated rings. The molecule has 0 saturated carbocycles. The van der Waals surface area contributed by atoms with Crippen LogP contribution in [0.25, 0.3) is 0 Å². The van der Waals surface area contributed by atoms with Gasteiger partial charge in [0.25, 0.3) is 0 Å². The number of sulfone groups is 1. The molecule has 1 aromatic carbocycles. The van der Waals surface area contributed by atoms with Crippen molar-refractivity contribution in [2.24, 2.45) is 5.73 Å². The molecule has 102 valence electrons. The van der Waals surface area contributed by atoms with Gasteiger partial charge in [0.15, 0.2) is 9.84 Å². The molecule has 0 aliphatic heterocycles. The van der Waals surface area contributed by atoms with E-state index in [1.165, 1.54) is 20.3 Å². The molecule has 0 unspecified atom stereocenters. The molecule has 1 aromatic rings. The summed E-state index contributed by atoms with van der Waals surface area (Å²) in [5.74, 6) is 0.591. The maximum atomic E-state index is 12.3. The Morgan fingerprint density at radius 3 is 2.28 bits per heavy atom. The van der Waals surface area contributed by atoms with E-state index in [4.69, 9.17) is 15.2 Å². The number of rotatable bonds is 5. The zero-order valence-corrected chi connectivity index (χ0v) is 11.9. The van der Waals surface area contributed by atoms with E-state index in [1.807, 2.05) is 0 Å². The maximum Gasteiger partial charge on any atom is 0.183 e. The zero-order chi connectivity index (χ0) is 14.0. The summed E-state index contributed by atoms with van der Waals surface area (Å²) in [6.07, 6.45) is 0. The van der Waals surface area contributed by atoms with Crippen LogP contribution in [0.3, 0.4) is 0 Å². The van der Waals surface area contributed by atoms with Crippen LogP contribution in [0.4, 0.5) is 0 Å². The van der Waals surface area contributed by atoms with Crippen LogP contribution in [-0.4, -0.2) is 33.9 Å². The summed E-state index contributed by atoms with van der Waals surface area (Å²) in [7, 11) is -0.621. The van der Waals surface area contributed by atoms with Gasteiger partial charge >= 0.3 is 0 Å². The van der Waals surface area contributed by atoms with Crippen molar-refractivity contribution in [2.75, 3.05) is 20.0 Å². The minimum atomic E-state index is -3.52. The van der Waals surface area contributed by atoms with Crippen LogP contribution in [0.15, 0.2) is 23.1 Å². The lowest BCUT2D eigenvalue weighted by atomic mass is 10.1. The molecule has 2 N–H and O–H groups in total. The van der Waals surface area contributed by atoms with E-state index in [1.54, 1.807) is 26.0 Å². The van der Waals surface area contributed by atoms with Crippen molar-refractivity contribution >= 4 is 9.84 Å². The van der Waals surface area contributed by atoms with Gasteiger partial charge in [-0.15, -0.1) is 0 Å². The number of methoxy groups -OCH3 is 2. The Balaban J connectivity index is 3.29. The van der Waals surface area contributed by atoms with Crippen molar-refractivity contribution in [1.82, 2.24) is 0 Å². The molecule has 18 heavy (non-hydrogen) atoms. The van der Waals surface area contributed by atoms with Crippen molar-refractivity contribution in [2.45, 2.75) is 24.3 Å². The van der Waals surface area contributed by atoms with Crippen LogP contribution >= 0.6 is 0 Å². The van der Waals surface area contributed by atoms with Crippen LogP contribution in [-0.2, 0) is 9.84 Å². The van der Waals surface area contributed by atoms with Gasteiger partial charge < -0.3 is 15.2 Å². The average Bonchev–Trinajstić information content (AvgIpc) is 2.25. The number of hydrogen-bond donors (Lipinski definition) is 1. The molecule has 0 aliphatic rings. The second kappa shape index (κ2) is 5.16. The van der Waals surface area contributed by atoms with E-state index >= 15 is 0 Å². The number of ether oxygens (including phenoxy) is 2. The summed E-state index contributed by atoms with van der Waals surface area (Å²) in [5.41, 5.74) is 4.96. The normalized spacial score (nSPS) is 12.3. The van der Waals surface area contributed by atoms with E-state index in [2.05, 4.69) is 0 Å². The van der Waals surface area contributed by atoms with Crippen molar-refractivity contribution < 1.29 is 17.9 Å². The Morgan fingerprint density at radius 1 is 1.22 bits per heavy atom. The number of nitrogens with two attached hydrogens (primary N) is 1. The van der Waals surface area contributed by atoms with Gasteiger partial charge in [-0.2, -0.15) is 0 Å². The molecular formula is C12H19NO4S. The van der Waals surface area contributed by atoms with Gasteiger partial charge in [0.05, 0.1) is 20.0 Å². The molecule has 0 aliphatic carbocycles. The quantitative estimate of drug-likeness (QED) is 0.872. The minimum absolute atomic E-state index is 0.0999. The first-order valence-corrected chi connectivity index (χ1v) is 7.08. The van der Waals surface area contributed by atoms with E-state index in [9.17, 15) is 8.42 Å². The van der Waals surface area contributed by atoms with Gasteiger partial charge in [-0.3, -0.25) is 0 Å². The van der Waals surface area contributed by atoms with Crippen LogP contribution in [0.2, 0.25) is 0 Å². The smallest absolute Gasteiger partial charge is 0.183 e. The van der Waals surface area contributed by atoms with Gasteiger partial charge in [-0.05, 0) is 26.0 Å². The monoisotopic (exact) mass is 273 g/mol. The van der Waals surface area contributed by atoms with Gasteiger partial charge in [-0.25, -0.2) is 8.42 Å². The Hall–Kier alpha value is -1.27. The molecule has 0 aromatic heterocycles. The predicted molar refractivity (Wildman–Crippen MR) is 69.9 cm³/mol. The minimum Gasteiger partial charge on any atom is -0.497 e. The number of benzene rings is 1. The third-order valence-electron chi connectivity index (χ3n) is 2.27. The molecule has 0 saturated heterocycles. The van der Waals surface area contributed by atoms with Gasteiger partial charge in [0.1, 0.15) is 16.4 Å². The van der Waals surface area contributed by atoms with E-state index in [-0.39, 0.29) is 10.6 Å². The van der Waals surface area contributed by atoms with Crippen LogP contribution in [0, 0.1) is 0 Å². The standard InChI is InChI=1S/C12H19NO4S/c1-12(2,13)8-18(14,15)11-7-9(16-3)5-6-10(11)17-4/h5-7H,8,13H2,1-4H3. The lowest BCUT2D eigenvalue weighted by molar-refractivity contribution is 0.392. The Kier molecular flexibility index (Phi) is 4.24. The molecule has 0 heterocycles. The Bertz CT molecular complexity index is 517. The number of hydrogen-bond acceptors (Lipinski definition) is 5. The highest BCUT2D eigenvalue weighted by Crippen LogP contribution is 2.30. The largest absolute Gasteiger partial charge is 0.497 e. The molecule has 5 nitrogen and oxygen atoms in total. The van der Waals surface area contributed by atoms with Crippen LogP contribution in [0.5, 0.6) is 11.5 Å². The Morgan fingerprint density at radius 2 is 1.83 bits per heavy atom. The van der Waals surface area contributed by atoms with Crippen molar-refractivity contribution in [3.8, 4) is 11.5 Å². The average molecular weight is 273 g/mol. The molecular weight excluding hydrogens is 254 g/mol. The first kappa shape index (κ1) is 14.8. The zero-order valence-electron chi connectivity index (χ0n) is 11.1. The van der Waals surface area contributed by atoms with Crippen LogP contribution in [0.1, 0.15) is 13.8 Å². The van der Waals surface area contributed by atoms with Crippen LogP contribution < -0.4 is 15.2 Å². The first-order chi connectivity index (χ1) is 8.19. The summed E-state index contributed by atoms with van der Waals surface area (Å²) in [6.45, 7) is 3.33. The van der Waals surface area contributed by atoms with E-state index in [0.717, 1.165) is 0 Å². The molecule has 0 spiro atoms. The van der Waals surface area contributed by atoms with Gasteiger partial charge in [-0.1, -0.05) is 0 Å². The third-order valence-corrected chi connectivity index (χ3v) is 4.38. The molecule has 0 atom stereocenters. The van der Waals surface area contributed by atoms with Crippen molar-refractivity contribution in [3.05, 3.63) is 18.2 Å². The lowest BCUT2D eigenvalue weighted by Crippen LogP contribution is -2.39. The summed E-state index contributed by atoms with van der Waals surface area (Å²) < 4.78 is 34.7. The second-order valence-corrected chi connectivity index (χ2v) is 6.72. The SMILES string of the molecule is COc1ccc(OC)c(S(=O)(=O)CC(C)(C)N)c1. The highest BCUT2D eigenvalue weighted by Gasteiger charge is 2.27. The van der Waals surface area contributed by atoms with Crippen molar-refractivity contribution in [1.29, 1.82) is 0 Å². The van der Waals surface area contributed by atoms with Gasteiger partial charge in [0, 0.05) is 11.6 Å². The summed E-state index contributed by atoms with van der Waals surface area (Å²) >= 11 is 0. The molecule has 0 bridgehead atoms. The lowest BCUT2D eigenvalue weighted by Gasteiger charge is -2.19. The summed E-state index contributed by atoms with van der Waals surface area (Å²) in [4.78, 5) is 0.0999. The fourth-order valence-electron chi connectivity index (χ4n) is 1.59.